The monoisotopic (exact) mass is 292 g/mol. The molecule has 0 spiro atoms. The molecule has 2 atom stereocenters. The number of fused-ring (bicyclic) bond motifs is 3. The van der Waals surface area contributed by atoms with E-state index in [0.717, 1.165) is 36.3 Å². The third kappa shape index (κ3) is 2.22. The van der Waals surface area contributed by atoms with Crippen LogP contribution in [0.2, 0.25) is 0 Å². The molecule has 0 bridgehead atoms. The molecular weight excluding hydrogens is 272 g/mol. The molecule has 2 aliphatic heterocycles. The van der Waals surface area contributed by atoms with Gasteiger partial charge in [0.05, 0.1) is 0 Å². The summed E-state index contributed by atoms with van der Waals surface area (Å²) in [6, 6.07) is 16.6. The van der Waals surface area contributed by atoms with Crippen LogP contribution >= 0.6 is 0 Å². The second-order valence-corrected chi connectivity index (χ2v) is 6.47. The molecule has 112 valence electrons. The van der Waals surface area contributed by atoms with Crippen molar-refractivity contribution in [3.8, 4) is 11.1 Å². The summed E-state index contributed by atoms with van der Waals surface area (Å²) in [6.07, 6.45) is 0. The van der Waals surface area contributed by atoms with Crippen LogP contribution in [0.15, 0.2) is 48.5 Å². The van der Waals surface area contributed by atoms with E-state index in [0.29, 0.717) is 11.8 Å². The van der Waals surface area contributed by atoms with Crippen molar-refractivity contribution in [1.82, 2.24) is 10.2 Å². The van der Waals surface area contributed by atoms with Crippen LogP contribution in [0, 0.1) is 5.92 Å². The number of carbonyl (C=O) groups excluding carboxylic acids is 1. The minimum Gasteiger partial charge on any atom is -0.352 e. The average Bonchev–Trinajstić information content (AvgIpc) is 2.88. The van der Waals surface area contributed by atoms with Gasteiger partial charge < -0.3 is 10.2 Å². The third-order valence-corrected chi connectivity index (χ3v) is 4.95. The number of nitrogens with zero attached hydrogens (tertiary/aromatic N) is 1. The maximum atomic E-state index is 12.5. The largest absolute Gasteiger partial charge is 0.352 e. The zero-order valence-corrected chi connectivity index (χ0v) is 12.8. The van der Waals surface area contributed by atoms with E-state index in [9.17, 15) is 4.79 Å². The van der Waals surface area contributed by atoms with E-state index in [2.05, 4.69) is 47.6 Å². The Kier molecular flexibility index (Phi) is 3.23. The first-order valence-corrected chi connectivity index (χ1v) is 7.88. The van der Waals surface area contributed by atoms with Crippen molar-refractivity contribution < 1.29 is 4.79 Å². The number of benzene rings is 2. The van der Waals surface area contributed by atoms with Crippen LogP contribution in [0.4, 0.5) is 0 Å². The van der Waals surface area contributed by atoms with Crippen LogP contribution in [-0.4, -0.2) is 37.5 Å². The van der Waals surface area contributed by atoms with E-state index in [4.69, 9.17) is 0 Å². The van der Waals surface area contributed by atoms with Crippen molar-refractivity contribution in [1.29, 1.82) is 0 Å². The van der Waals surface area contributed by atoms with Crippen LogP contribution in [-0.2, 0) is 0 Å². The van der Waals surface area contributed by atoms with Crippen molar-refractivity contribution in [3.05, 3.63) is 59.7 Å². The summed E-state index contributed by atoms with van der Waals surface area (Å²) in [7, 11) is 2.16. The van der Waals surface area contributed by atoms with Gasteiger partial charge >= 0.3 is 0 Å². The Balaban J connectivity index is 1.80. The lowest BCUT2D eigenvalue weighted by molar-refractivity contribution is 0.0951. The summed E-state index contributed by atoms with van der Waals surface area (Å²) < 4.78 is 0. The molecule has 0 unspecified atom stereocenters. The molecule has 3 heteroatoms. The first kappa shape index (κ1) is 13.5. The number of likely N-dealkylation sites (N-methyl/N-ethyl adjacent to an activating group) is 1. The molecule has 1 N–H and O–H groups in total. The normalized spacial score (nSPS) is 24.3. The molecule has 2 heterocycles. The summed E-state index contributed by atoms with van der Waals surface area (Å²) in [5.74, 6) is 1.06. The number of rotatable bonds is 1. The highest BCUT2D eigenvalue weighted by atomic mass is 16.1. The van der Waals surface area contributed by atoms with Crippen molar-refractivity contribution in [2.24, 2.45) is 5.92 Å². The predicted molar refractivity (Wildman–Crippen MR) is 87.9 cm³/mol. The summed E-state index contributed by atoms with van der Waals surface area (Å²) in [5, 5.41) is 3.11. The highest BCUT2D eigenvalue weighted by Crippen LogP contribution is 2.36. The van der Waals surface area contributed by atoms with Crippen LogP contribution in [0.1, 0.15) is 21.8 Å². The summed E-state index contributed by atoms with van der Waals surface area (Å²) in [5.41, 5.74) is 4.33. The minimum absolute atomic E-state index is 0.0739. The quantitative estimate of drug-likeness (QED) is 0.876. The van der Waals surface area contributed by atoms with Gasteiger partial charge in [-0.05, 0) is 35.7 Å². The van der Waals surface area contributed by atoms with Gasteiger partial charge in [0.25, 0.3) is 5.91 Å². The number of nitrogens with one attached hydrogen (secondary N) is 1. The van der Waals surface area contributed by atoms with Gasteiger partial charge in [0, 0.05) is 31.1 Å². The molecule has 1 amide bonds. The first-order chi connectivity index (χ1) is 10.7. The summed E-state index contributed by atoms with van der Waals surface area (Å²) in [4.78, 5) is 14.8. The van der Waals surface area contributed by atoms with Crippen molar-refractivity contribution in [2.45, 2.75) is 5.92 Å². The van der Waals surface area contributed by atoms with E-state index < -0.39 is 0 Å². The molecule has 2 aromatic carbocycles. The smallest absolute Gasteiger partial charge is 0.251 e. The van der Waals surface area contributed by atoms with Crippen molar-refractivity contribution in [2.75, 3.05) is 26.7 Å². The Morgan fingerprint density at radius 2 is 1.86 bits per heavy atom. The molecule has 3 nitrogen and oxygen atoms in total. The fourth-order valence-corrected chi connectivity index (χ4v) is 3.85. The summed E-state index contributed by atoms with van der Waals surface area (Å²) >= 11 is 0. The zero-order valence-electron chi connectivity index (χ0n) is 12.8. The molecule has 0 saturated carbocycles. The van der Waals surface area contributed by atoms with Gasteiger partial charge in [-0.2, -0.15) is 0 Å². The number of hydrogen-bond donors (Lipinski definition) is 1. The molecule has 22 heavy (non-hydrogen) atoms. The molecular formula is C19H20N2O. The molecule has 2 aliphatic rings. The van der Waals surface area contributed by atoms with Crippen LogP contribution in [0.25, 0.3) is 11.1 Å². The van der Waals surface area contributed by atoms with Crippen molar-refractivity contribution >= 4 is 5.91 Å². The average molecular weight is 292 g/mol. The molecule has 0 aromatic heterocycles. The van der Waals surface area contributed by atoms with Gasteiger partial charge in [-0.25, -0.2) is 0 Å². The fourth-order valence-electron chi connectivity index (χ4n) is 3.85. The second kappa shape index (κ2) is 5.25. The summed E-state index contributed by atoms with van der Waals surface area (Å²) in [6.45, 7) is 2.88. The van der Waals surface area contributed by atoms with Crippen LogP contribution in [0.3, 0.4) is 0 Å². The highest BCUT2D eigenvalue weighted by Gasteiger charge is 2.36. The first-order valence-electron chi connectivity index (χ1n) is 7.88. The molecule has 1 fully saturated rings. The number of carbonyl (C=O) groups is 1. The number of likely N-dealkylation sites (tertiary alicyclic amines) is 1. The van der Waals surface area contributed by atoms with Gasteiger partial charge in [0.2, 0.25) is 0 Å². The maximum absolute atomic E-state index is 12.5. The third-order valence-electron chi connectivity index (χ3n) is 4.95. The Labute approximate surface area is 131 Å². The Bertz CT molecular complexity index is 711. The number of hydrogen-bond acceptors (Lipinski definition) is 2. The topological polar surface area (TPSA) is 32.3 Å². The molecule has 0 aliphatic carbocycles. The molecule has 4 rings (SSSR count). The van der Waals surface area contributed by atoms with Gasteiger partial charge in [0.15, 0.2) is 0 Å². The van der Waals surface area contributed by atoms with Crippen LogP contribution < -0.4 is 5.32 Å². The minimum atomic E-state index is 0.0739. The second-order valence-electron chi connectivity index (χ2n) is 6.47. The molecule has 1 saturated heterocycles. The predicted octanol–water partition coefficient (Wildman–Crippen LogP) is 2.74. The number of amides is 1. The Hall–Kier alpha value is -2.13. The van der Waals surface area contributed by atoms with Crippen molar-refractivity contribution in [3.63, 3.8) is 0 Å². The fraction of sp³-hybridized carbons (Fsp3) is 0.316. The van der Waals surface area contributed by atoms with E-state index in [1.165, 1.54) is 5.56 Å². The van der Waals surface area contributed by atoms with E-state index in [1.54, 1.807) is 0 Å². The lowest BCUT2D eigenvalue weighted by atomic mass is 9.86. The molecule has 0 radical (unpaired) electrons. The van der Waals surface area contributed by atoms with Gasteiger partial charge in [-0.1, -0.05) is 42.5 Å². The lowest BCUT2D eigenvalue weighted by Gasteiger charge is -2.17. The van der Waals surface area contributed by atoms with E-state index in [-0.39, 0.29) is 5.91 Å². The molecule has 2 aromatic rings. The van der Waals surface area contributed by atoms with E-state index in [1.807, 2.05) is 18.2 Å². The van der Waals surface area contributed by atoms with Crippen LogP contribution in [0.5, 0.6) is 0 Å². The van der Waals surface area contributed by atoms with Gasteiger partial charge in [-0.3, -0.25) is 4.79 Å². The lowest BCUT2D eigenvalue weighted by Crippen LogP contribution is -2.29. The van der Waals surface area contributed by atoms with Gasteiger partial charge in [-0.15, -0.1) is 0 Å². The standard InChI is InChI=1S/C19H20N2O/c1-21-11-15-10-20-19(22)17-9-14(13-5-3-2-4-6-13)7-8-16(17)18(15)12-21/h2-9,15,18H,10-12H2,1H3,(H,20,22)/t15-,18-/m0/s1. The highest BCUT2D eigenvalue weighted by molar-refractivity contribution is 5.97. The Morgan fingerprint density at radius 3 is 2.68 bits per heavy atom. The van der Waals surface area contributed by atoms with Gasteiger partial charge in [0.1, 0.15) is 0 Å². The van der Waals surface area contributed by atoms with E-state index >= 15 is 0 Å². The maximum Gasteiger partial charge on any atom is 0.251 e. The SMILES string of the molecule is CN1C[C@@H]2CNC(=O)c3cc(-c4ccccc4)ccc3[C@H]2C1. The zero-order chi connectivity index (χ0) is 15.1. The Morgan fingerprint density at radius 1 is 1.05 bits per heavy atom.